The van der Waals surface area contributed by atoms with Crippen LogP contribution in [0.2, 0.25) is 0 Å². The number of carbonyl (C=O) groups is 2. The molecule has 2 atom stereocenters. The number of hydrogen-bond donors (Lipinski definition) is 2. The molecule has 2 N–H and O–H groups in total. The second-order valence-electron chi connectivity index (χ2n) is 7.22. The standard InChI is InChI=1S/C22H23NO5/c24-21(25)20-11-5-6-14(28-20)12-23-22(26)27-13-19-17-9-3-1-7-15(17)16-8-2-4-10-18(16)19/h1-4,7-10,14,19-20H,5-6,11-13H2,(H,23,26)(H,24,25)/t14-,20-/m1/s1. The van der Waals surface area contributed by atoms with Gasteiger partial charge in [-0.3, -0.25) is 0 Å². The fourth-order valence-electron chi connectivity index (χ4n) is 4.08. The minimum absolute atomic E-state index is 0.0143. The molecule has 0 aromatic heterocycles. The third-order valence-corrected chi connectivity index (χ3v) is 5.44. The van der Waals surface area contributed by atoms with Crippen LogP contribution in [0.1, 0.15) is 36.3 Å². The van der Waals surface area contributed by atoms with Gasteiger partial charge in [0.25, 0.3) is 0 Å². The van der Waals surface area contributed by atoms with Crippen LogP contribution in [0.4, 0.5) is 4.79 Å². The summed E-state index contributed by atoms with van der Waals surface area (Å²) in [5.41, 5.74) is 4.69. The van der Waals surface area contributed by atoms with Crippen molar-refractivity contribution in [3.05, 3.63) is 59.7 Å². The Labute approximate surface area is 163 Å². The number of carboxylic acids is 1. The summed E-state index contributed by atoms with van der Waals surface area (Å²) >= 11 is 0. The van der Waals surface area contributed by atoms with E-state index in [-0.39, 0.29) is 25.2 Å². The summed E-state index contributed by atoms with van der Waals surface area (Å²) in [5, 5.41) is 11.8. The van der Waals surface area contributed by atoms with Gasteiger partial charge in [0.2, 0.25) is 0 Å². The van der Waals surface area contributed by atoms with Crippen molar-refractivity contribution in [3.8, 4) is 11.1 Å². The normalized spacial score (nSPS) is 20.9. The zero-order chi connectivity index (χ0) is 19.5. The van der Waals surface area contributed by atoms with E-state index < -0.39 is 18.2 Å². The Kier molecular flexibility index (Phi) is 5.30. The Morgan fingerprint density at radius 2 is 1.68 bits per heavy atom. The average molecular weight is 381 g/mol. The van der Waals surface area contributed by atoms with Gasteiger partial charge in [0, 0.05) is 12.5 Å². The van der Waals surface area contributed by atoms with E-state index in [4.69, 9.17) is 14.6 Å². The largest absolute Gasteiger partial charge is 0.479 e. The Morgan fingerprint density at radius 1 is 1.04 bits per heavy atom. The maximum atomic E-state index is 12.2. The molecule has 1 aliphatic heterocycles. The first-order valence-corrected chi connectivity index (χ1v) is 9.60. The maximum absolute atomic E-state index is 12.2. The summed E-state index contributed by atoms with van der Waals surface area (Å²) in [6, 6.07) is 16.3. The zero-order valence-corrected chi connectivity index (χ0v) is 15.5. The molecule has 1 aliphatic carbocycles. The first-order valence-electron chi connectivity index (χ1n) is 9.60. The van der Waals surface area contributed by atoms with Crippen LogP contribution in [0.5, 0.6) is 0 Å². The Morgan fingerprint density at radius 3 is 2.32 bits per heavy atom. The van der Waals surface area contributed by atoms with E-state index in [9.17, 15) is 9.59 Å². The highest BCUT2D eigenvalue weighted by Gasteiger charge is 2.30. The second-order valence-corrected chi connectivity index (χ2v) is 7.22. The van der Waals surface area contributed by atoms with Crippen LogP contribution >= 0.6 is 0 Å². The van der Waals surface area contributed by atoms with E-state index in [0.29, 0.717) is 6.42 Å². The lowest BCUT2D eigenvalue weighted by Crippen LogP contribution is -2.41. The highest BCUT2D eigenvalue weighted by Crippen LogP contribution is 2.44. The van der Waals surface area contributed by atoms with Crippen LogP contribution in [0, 0.1) is 0 Å². The number of fused-ring (bicyclic) bond motifs is 3. The van der Waals surface area contributed by atoms with Crippen molar-refractivity contribution in [1.29, 1.82) is 0 Å². The molecule has 0 spiro atoms. The molecule has 1 fully saturated rings. The lowest BCUT2D eigenvalue weighted by molar-refractivity contribution is -0.158. The molecule has 2 aliphatic rings. The average Bonchev–Trinajstić information content (AvgIpc) is 3.05. The molecule has 6 heteroatoms. The summed E-state index contributed by atoms with van der Waals surface area (Å²) in [6.07, 6.45) is 0.416. The highest BCUT2D eigenvalue weighted by molar-refractivity contribution is 5.79. The number of ether oxygens (including phenoxy) is 2. The Bertz CT molecular complexity index is 835. The summed E-state index contributed by atoms with van der Waals surface area (Å²) in [7, 11) is 0. The number of alkyl carbamates (subject to hydrolysis) is 1. The molecule has 0 bridgehead atoms. The molecule has 0 unspecified atom stereocenters. The smallest absolute Gasteiger partial charge is 0.407 e. The molecule has 1 saturated heterocycles. The predicted molar refractivity (Wildman–Crippen MR) is 103 cm³/mol. The quantitative estimate of drug-likeness (QED) is 0.827. The van der Waals surface area contributed by atoms with Gasteiger partial charge in [0.1, 0.15) is 6.61 Å². The lowest BCUT2D eigenvalue weighted by Gasteiger charge is -2.27. The van der Waals surface area contributed by atoms with Crippen molar-refractivity contribution in [3.63, 3.8) is 0 Å². The van der Waals surface area contributed by atoms with Crippen molar-refractivity contribution < 1.29 is 24.2 Å². The van der Waals surface area contributed by atoms with Gasteiger partial charge in [0.15, 0.2) is 6.10 Å². The monoisotopic (exact) mass is 381 g/mol. The molecule has 28 heavy (non-hydrogen) atoms. The first kappa shape index (κ1) is 18.5. The first-order chi connectivity index (χ1) is 13.6. The molecule has 1 amide bonds. The third kappa shape index (κ3) is 3.73. The molecule has 0 saturated carbocycles. The zero-order valence-electron chi connectivity index (χ0n) is 15.5. The van der Waals surface area contributed by atoms with Crippen molar-refractivity contribution in [2.75, 3.05) is 13.2 Å². The van der Waals surface area contributed by atoms with E-state index in [2.05, 4.69) is 29.6 Å². The number of nitrogens with one attached hydrogen (secondary N) is 1. The summed E-state index contributed by atoms with van der Waals surface area (Å²) in [4.78, 5) is 23.2. The fourth-order valence-corrected chi connectivity index (χ4v) is 4.08. The molecular formula is C22H23NO5. The maximum Gasteiger partial charge on any atom is 0.407 e. The molecule has 2 aromatic rings. The van der Waals surface area contributed by atoms with Gasteiger partial charge < -0.3 is 19.9 Å². The molecule has 146 valence electrons. The van der Waals surface area contributed by atoms with E-state index in [1.54, 1.807) is 0 Å². The van der Waals surface area contributed by atoms with Crippen LogP contribution < -0.4 is 5.32 Å². The lowest BCUT2D eigenvalue weighted by atomic mass is 9.98. The minimum Gasteiger partial charge on any atom is -0.479 e. The number of benzene rings is 2. The van der Waals surface area contributed by atoms with Gasteiger partial charge in [-0.15, -0.1) is 0 Å². The number of carbonyl (C=O) groups excluding carboxylic acids is 1. The number of hydrogen-bond acceptors (Lipinski definition) is 4. The minimum atomic E-state index is -0.953. The fraction of sp³-hybridized carbons (Fsp3) is 0.364. The van der Waals surface area contributed by atoms with Crippen molar-refractivity contribution in [1.82, 2.24) is 5.32 Å². The number of carboxylic acid groups (broad SMARTS) is 1. The van der Waals surface area contributed by atoms with E-state index in [1.807, 2.05) is 24.3 Å². The molecular weight excluding hydrogens is 358 g/mol. The summed E-state index contributed by atoms with van der Waals surface area (Å²) < 4.78 is 11.0. The molecule has 0 radical (unpaired) electrons. The van der Waals surface area contributed by atoms with Gasteiger partial charge in [0.05, 0.1) is 6.10 Å². The van der Waals surface area contributed by atoms with Gasteiger partial charge in [-0.2, -0.15) is 0 Å². The molecule has 2 aromatic carbocycles. The van der Waals surface area contributed by atoms with Gasteiger partial charge >= 0.3 is 12.1 Å². The SMILES string of the molecule is O=C(NC[C@H]1CCC[C@H](C(=O)O)O1)OCC1c2ccccc2-c2ccccc21. The topological polar surface area (TPSA) is 84.9 Å². The van der Waals surface area contributed by atoms with Gasteiger partial charge in [-0.05, 0) is 41.5 Å². The van der Waals surface area contributed by atoms with Crippen LogP contribution in [-0.2, 0) is 14.3 Å². The van der Waals surface area contributed by atoms with Crippen LogP contribution in [0.25, 0.3) is 11.1 Å². The van der Waals surface area contributed by atoms with Crippen molar-refractivity contribution >= 4 is 12.1 Å². The Hall–Kier alpha value is -2.86. The van der Waals surface area contributed by atoms with E-state index in [0.717, 1.165) is 24.0 Å². The molecule has 1 heterocycles. The van der Waals surface area contributed by atoms with Crippen molar-refractivity contribution in [2.45, 2.75) is 37.4 Å². The van der Waals surface area contributed by atoms with Crippen LogP contribution in [0.3, 0.4) is 0 Å². The number of rotatable bonds is 5. The second kappa shape index (κ2) is 8.02. The third-order valence-electron chi connectivity index (χ3n) is 5.44. The van der Waals surface area contributed by atoms with Crippen molar-refractivity contribution in [2.24, 2.45) is 0 Å². The number of aliphatic carboxylic acids is 1. The molecule has 4 rings (SSSR count). The predicted octanol–water partition coefficient (Wildman–Crippen LogP) is 3.55. The van der Waals surface area contributed by atoms with Gasteiger partial charge in [-0.1, -0.05) is 48.5 Å². The Balaban J connectivity index is 1.33. The summed E-state index contributed by atoms with van der Waals surface area (Å²) in [6.45, 7) is 0.504. The molecule has 6 nitrogen and oxygen atoms in total. The number of amides is 1. The van der Waals surface area contributed by atoms with E-state index >= 15 is 0 Å². The van der Waals surface area contributed by atoms with E-state index in [1.165, 1.54) is 11.1 Å². The van der Waals surface area contributed by atoms with Gasteiger partial charge in [-0.25, -0.2) is 9.59 Å². The van der Waals surface area contributed by atoms with Crippen LogP contribution in [0.15, 0.2) is 48.5 Å². The summed E-state index contributed by atoms with van der Waals surface area (Å²) in [5.74, 6) is -0.939. The highest BCUT2D eigenvalue weighted by atomic mass is 16.6. The van der Waals surface area contributed by atoms with Crippen LogP contribution in [-0.4, -0.2) is 42.5 Å².